The molecule has 0 atom stereocenters. The maximum atomic E-state index is 14.3. The van der Waals surface area contributed by atoms with Gasteiger partial charge in [0.1, 0.15) is 17.7 Å². The second-order valence-electron chi connectivity index (χ2n) is 6.54. The number of pyridine rings is 1. The number of hydrogen-bond acceptors (Lipinski definition) is 5. The molecule has 0 radical (unpaired) electrons. The van der Waals surface area contributed by atoms with Crippen LogP contribution in [0.15, 0.2) is 46.2 Å². The number of carboxylic acid groups (broad SMARTS) is 1. The molecule has 3 rings (SSSR count). The van der Waals surface area contributed by atoms with E-state index in [1.807, 2.05) is 0 Å². The maximum Gasteiger partial charge on any atom is 0.407 e. The van der Waals surface area contributed by atoms with Gasteiger partial charge in [-0.3, -0.25) is 9.36 Å². The van der Waals surface area contributed by atoms with Crippen molar-refractivity contribution in [3.05, 3.63) is 52.7 Å². The summed E-state index contributed by atoms with van der Waals surface area (Å²) in [6, 6.07) is 6.07. The molecule has 2 aromatic rings. The van der Waals surface area contributed by atoms with Crippen LogP contribution in [0.5, 0.6) is 5.75 Å². The predicted octanol–water partition coefficient (Wildman–Crippen LogP) is 1.90. The first kappa shape index (κ1) is 19.9. The third-order valence-corrected chi connectivity index (χ3v) is 5.62. The molecule has 8 nitrogen and oxygen atoms in total. The molecule has 1 aromatic heterocycles. The lowest BCUT2D eigenvalue weighted by atomic mass is 10.1. The Kier molecular flexibility index (Phi) is 5.41. The summed E-state index contributed by atoms with van der Waals surface area (Å²) in [5.74, 6) is -0.525. The Morgan fingerprint density at radius 3 is 2.43 bits per heavy atom. The fraction of sp³-hybridized carbons (Fsp3) is 0.333. The SMILES string of the molecule is CS(=O)(=O)c1ccc(-n2ccc(OC3CCN(C(=O)O)CC3)cc2=O)c(F)c1. The van der Waals surface area contributed by atoms with E-state index in [9.17, 15) is 22.4 Å². The number of halogens is 1. The first-order valence-corrected chi connectivity index (χ1v) is 10.4. The molecule has 0 saturated carbocycles. The molecule has 10 heteroatoms. The number of piperidine rings is 1. The predicted molar refractivity (Wildman–Crippen MR) is 98.4 cm³/mol. The van der Waals surface area contributed by atoms with Crippen molar-refractivity contribution in [2.75, 3.05) is 19.3 Å². The Labute approximate surface area is 160 Å². The van der Waals surface area contributed by atoms with Gasteiger partial charge in [-0.05, 0) is 24.3 Å². The molecule has 1 aliphatic rings. The van der Waals surface area contributed by atoms with Gasteiger partial charge in [0.15, 0.2) is 9.84 Å². The second kappa shape index (κ2) is 7.63. The zero-order chi connectivity index (χ0) is 20.5. The summed E-state index contributed by atoms with van der Waals surface area (Å²) in [5.41, 5.74) is -0.606. The Balaban J connectivity index is 1.76. The van der Waals surface area contributed by atoms with E-state index in [2.05, 4.69) is 0 Å². The van der Waals surface area contributed by atoms with Crippen LogP contribution in [0.4, 0.5) is 9.18 Å². The number of amides is 1. The highest BCUT2D eigenvalue weighted by Gasteiger charge is 2.23. The topological polar surface area (TPSA) is 106 Å². The van der Waals surface area contributed by atoms with Gasteiger partial charge in [0.2, 0.25) is 0 Å². The maximum absolute atomic E-state index is 14.3. The van der Waals surface area contributed by atoms with E-state index in [-0.39, 0.29) is 16.7 Å². The molecule has 1 amide bonds. The van der Waals surface area contributed by atoms with Gasteiger partial charge in [-0.1, -0.05) is 0 Å². The van der Waals surface area contributed by atoms with E-state index in [1.165, 1.54) is 35.4 Å². The summed E-state index contributed by atoms with van der Waals surface area (Å²) < 4.78 is 44.1. The molecule has 1 saturated heterocycles. The fourth-order valence-corrected chi connectivity index (χ4v) is 3.64. The molecular formula is C18H19FN2O6S. The third-order valence-electron chi connectivity index (χ3n) is 4.51. The minimum atomic E-state index is -3.55. The minimum absolute atomic E-state index is 0.0706. The third kappa shape index (κ3) is 4.33. The summed E-state index contributed by atoms with van der Waals surface area (Å²) in [6.45, 7) is 0.712. The van der Waals surface area contributed by atoms with Crippen molar-refractivity contribution in [1.82, 2.24) is 9.47 Å². The number of ether oxygens (including phenoxy) is 1. The lowest BCUT2D eigenvalue weighted by Gasteiger charge is -2.30. The highest BCUT2D eigenvalue weighted by atomic mass is 32.2. The van der Waals surface area contributed by atoms with E-state index in [0.717, 1.165) is 16.9 Å². The minimum Gasteiger partial charge on any atom is -0.490 e. The van der Waals surface area contributed by atoms with E-state index < -0.39 is 27.3 Å². The van der Waals surface area contributed by atoms with Gasteiger partial charge in [0.05, 0.1) is 10.6 Å². The molecule has 0 aliphatic carbocycles. The van der Waals surface area contributed by atoms with Crippen molar-refractivity contribution in [1.29, 1.82) is 0 Å². The van der Waals surface area contributed by atoms with Crippen LogP contribution in [0.1, 0.15) is 12.8 Å². The molecule has 0 unspecified atom stereocenters. The molecule has 28 heavy (non-hydrogen) atoms. The summed E-state index contributed by atoms with van der Waals surface area (Å²) in [6.07, 6.45) is 2.17. The molecule has 0 bridgehead atoms. The van der Waals surface area contributed by atoms with Crippen LogP contribution in [0.3, 0.4) is 0 Å². The molecule has 150 valence electrons. The van der Waals surface area contributed by atoms with Crippen LogP contribution in [0.2, 0.25) is 0 Å². The number of benzene rings is 1. The monoisotopic (exact) mass is 410 g/mol. The second-order valence-corrected chi connectivity index (χ2v) is 8.56. The van der Waals surface area contributed by atoms with Crippen molar-refractivity contribution < 1.29 is 27.4 Å². The molecule has 1 aliphatic heterocycles. The highest BCUT2D eigenvalue weighted by Crippen LogP contribution is 2.20. The average molecular weight is 410 g/mol. The molecular weight excluding hydrogens is 391 g/mol. The number of hydrogen-bond donors (Lipinski definition) is 1. The van der Waals surface area contributed by atoms with E-state index in [1.54, 1.807) is 0 Å². The van der Waals surface area contributed by atoms with Crippen LogP contribution in [-0.2, 0) is 9.84 Å². The summed E-state index contributed by atoms with van der Waals surface area (Å²) >= 11 is 0. The van der Waals surface area contributed by atoms with Gasteiger partial charge >= 0.3 is 6.09 Å². The number of carbonyl (C=O) groups is 1. The van der Waals surface area contributed by atoms with Gasteiger partial charge < -0.3 is 14.7 Å². The summed E-state index contributed by atoms with van der Waals surface area (Å²) in [7, 11) is -3.55. The Morgan fingerprint density at radius 1 is 1.21 bits per heavy atom. The van der Waals surface area contributed by atoms with Crippen LogP contribution in [0.25, 0.3) is 5.69 Å². The van der Waals surface area contributed by atoms with Crippen LogP contribution in [0, 0.1) is 5.82 Å². The van der Waals surface area contributed by atoms with Gasteiger partial charge in [0, 0.05) is 44.5 Å². The zero-order valence-corrected chi connectivity index (χ0v) is 15.9. The lowest BCUT2D eigenvalue weighted by Crippen LogP contribution is -2.41. The number of aromatic nitrogens is 1. The first-order valence-electron chi connectivity index (χ1n) is 8.52. The molecule has 0 spiro atoms. The standard InChI is InChI=1S/C18H19FN2O6S/c1-28(25,26)14-2-3-16(15(19)11-14)21-9-6-13(10-17(21)22)27-12-4-7-20(8-5-12)18(23)24/h2-3,6,9-12H,4-5,7-8H2,1H3,(H,23,24). The number of likely N-dealkylation sites (tertiary alicyclic amines) is 1. The average Bonchev–Trinajstić information content (AvgIpc) is 2.62. The molecule has 1 aromatic carbocycles. The summed E-state index contributed by atoms with van der Waals surface area (Å²) in [5, 5.41) is 8.95. The normalized spacial score (nSPS) is 15.4. The van der Waals surface area contributed by atoms with Crippen molar-refractivity contribution in [2.24, 2.45) is 0 Å². The van der Waals surface area contributed by atoms with Crippen LogP contribution in [-0.4, -0.2) is 54.5 Å². The van der Waals surface area contributed by atoms with Crippen LogP contribution >= 0.6 is 0 Å². The summed E-state index contributed by atoms with van der Waals surface area (Å²) in [4.78, 5) is 24.4. The van der Waals surface area contributed by atoms with E-state index in [4.69, 9.17) is 9.84 Å². The van der Waals surface area contributed by atoms with E-state index >= 15 is 0 Å². The van der Waals surface area contributed by atoms with Crippen molar-refractivity contribution >= 4 is 15.9 Å². The highest BCUT2D eigenvalue weighted by molar-refractivity contribution is 7.90. The zero-order valence-electron chi connectivity index (χ0n) is 15.0. The van der Waals surface area contributed by atoms with Crippen molar-refractivity contribution in [2.45, 2.75) is 23.8 Å². The molecule has 1 fully saturated rings. The Morgan fingerprint density at radius 2 is 1.89 bits per heavy atom. The Bertz CT molecular complexity index is 1060. The molecule has 2 heterocycles. The van der Waals surface area contributed by atoms with Crippen molar-refractivity contribution in [3.63, 3.8) is 0 Å². The quantitative estimate of drug-likeness (QED) is 0.825. The van der Waals surface area contributed by atoms with Gasteiger partial charge in [-0.2, -0.15) is 0 Å². The van der Waals surface area contributed by atoms with Crippen molar-refractivity contribution in [3.8, 4) is 11.4 Å². The van der Waals surface area contributed by atoms with Gasteiger partial charge in [-0.25, -0.2) is 17.6 Å². The fourth-order valence-electron chi connectivity index (χ4n) is 3.00. The van der Waals surface area contributed by atoms with Gasteiger partial charge in [-0.15, -0.1) is 0 Å². The Hall–Kier alpha value is -2.88. The van der Waals surface area contributed by atoms with Gasteiger partial charge in [0.25, 0.3) is 5.56 Å². The number of rotatable bonds is 4. The largest absolute Gasteiger partial charge is 0.490 e. The van der Waals surface area contributed by atoms with Crippen LogP contribution < -0.4 is 10.3 Å². The lowest BCUT2D eigenvalue weighted by molar-refractivity contribution is 0.0893. The first-order chi connectivity index (χ1) is 13.1. The van der Waals surface area contributed by atoms with E-state index in [0.29, 0.717) is 31.7 Å². The molecule has 1 N–H and O–H groups in total. The number of sulfone groups is 1. The number of nitrogens with zero attached hydrogens (tertiary/aromatic N) is 2. The smallest absolute Gasteiger partial charge is 0.407 e.